The topological polar surface area (TPSA) is 52.6 Å². The van der Waals surface area contributed by atoms with E-state index in [0.717, 1.165) is 50.5 Å². The Morgan fingerprint density at radius 1 is 1.50 bits per heavy atom. The van der Waals surface area contributed by atoms with E-state index in [2.05, 4.69) is 17.1 Å². The molecule has 0 saturated carbocycles. The summed E-state index contributed by atoms with van der Waals surface area (Å²) in [5.74, 6) is 1.34. The zero-order valence-electron chi connectivity index (χ0n) is 9.95. The first-order valence-corrected chi connectivity index (χ1v) is 7.16. The maximum atomic E-state index is 11.2. The summed E-state index contributed by atoms with van der Waals surface area (Å²) < 4.78 is 0. The van der Waals surface area contributed by atoms with Crippen LogP contribution < -0.4 is 5.32 Å². The molecule has 0 radical (unpaired) electrons. The van der Waals surface area contributed by atoms with Crippen LogP contribution >= 0.6 is 11.8 Å². The van der Waals surface area contributed by atoms with Crippen molar-refractivity contribution >= 4 is 17.7 Å². The summed E-state index contributed by atoms with van der Waals surface area (Å²) >= 11 is 1.82. The van der Waals surface area contributed by atoms with Crippen LogP contribution in [0.4, 0.5) is 0 Å². The van der Waals surface area contributed by atoms with E-state index >= 15 is 0 Å². The van der Waals surface area contributed by atoms with Crippen LogP contribution in [0, 0.1) is 0 Å². The van der Waals surface area contributed by atoms with Gasteiger partial charge in [-0.3, -0.25) is 9.69 Å². The molecule has 2 N–H and O–H groups in total. The van der Waals surface area contributed by atoms with Crippen LogP contribution in [0.15, 0.2) is 0 Å². The molecule has 1 fully saturated rings. The highest BCUT2D eigenvalue weighted by atomic mass is 32.2. The van der Waals surface area contributed by atoms with Crippen LogP contribution in [0.25, 0.3) is 0 Å². The lowest BCUT2D eigenvalue weighted by Gasteiger charge is -2.26. The molecule has 5 heteroatoms. The third kappa shape index (κ3) is 4.72. The first-order valence-electron chi connectivity index (χ1n) is 6.01. The summed E-state index contributed by atoms with van der Waals surface area (Å²) in [7, 11) is 0. The molecule has 4 nitrogen and oxygen atoms in total. The molecule has 0 spiro atoms. The third-order valence-electron chi connectivity index (χ3n) is 2.84. The lowest BCUT2D eigenvalue weighted by atomic mass is 10.2. The van der Waals surface area contributed by atoms with E-state index in [4.69, 9.17) is 0 Å². The Bertz CT molecular complexity index is 206. The highest BCUT2D eigenvalue weighted by molar-refractivity contribution is 7.99. The lowest BCUT2D eigenvalue weighted by molar-refractivity contribution is -0.143. The molecule has 0 aromatic rings. The van der Waals surface area contributed by atoms with Gasteiger partial charge in [0.25, 0.3) is 0 Å². The Balaban J connectivity index is 2.43. The molecule has 1 aliphatic heterocycles. The van der Waals surface area contributed by atoms with Gasteiger partial charge in [0.05, 0.1) is 0 Å². The minimum atomic E-state index is -0.668. The largest absolute Gasteiger partial charge is 0.480 e. The maximum Gasteiger partial charge on any atom is 0.320 e. The number of nitrogens with one attached hydrogen (secondary N) is 1. The van der Waals surface area contributed by atoms with Gasteiger partial charge in [-0.05, 0) is 30.9 Å². The molecule has 16 heavy (non-hydrogen) atoms. The average molecular weight is 246 g/mol. The van der Waals surface area contributed by atoms with E-state index in [-0.39, 0.29) is 6.04 Å². The zero-order chi connectivity index (χ0) is 11.8. The molecule has 1 saturated heterocycles. The Morgan fingerprint density at radius 3 is 3.00 bits per heavy atom. The second kappa shape index (κ2) is 7.92. The van der Waals surface area contributed by atoms with E-state index in [0.29, 0.717) is 0 Å². The number of hydrogen-bond donors (Lipinski definition) is 2. The highest BCUT2D eigenvalue weighted by Crippen LogP contribution is 2.11. The van der Waals surface area contributed by atoms with Crippen molar-refractivity contribution < 1.29 is 9.90 Å². The number of nitrogens with zero attached hydrogens (tertiary/aromatic N) is 1. The van der Waals surface area contributed by atoms with E-state index < -0.39 is 5.97 Å². The molecule has 0 aromatic carbocycles. The normalized spacial score (nSPS) is 20.3. The average Bonchev–Trinajstić information content (AvgIpc) is 2.52. The van der Waals surface area contributed by atoms with Gasteiger partial charge >= 0.3 is 5.97 Å². The van der Waals surface area contributed by atoms with Crippen LogP contribution in [0.1, 0.15) is 19.8 Å². The quantitative estimate of drug-likeness (QED) is 0.681. The molecular formula is C11H22N2O2S. The minimum absolute atomic E-state index is 0.293. The van der Waals surface area contributed by atoms with Crippen molar-refractivity contribution in [3.8, 4) is 0 Å². The van der Waals surface area contributed by atoms with Crippen molar-refractivity contribution in [1.82, 2.24) is 10.2 Å². The maximum absolute atomic E-state index is 11.2. The van der Waals surface area contributed by atoms with Gasteiger partial charge in [0.1, 0.15) is 6.04 Å². The van der Waals surface area contributed by atoms with Gasteiger partial charge in [0.2, 0.25) is 0 Å². The standard InChI is InChI=1S/C11H22N2O2S/c1-2-16-9-4-10(11(14)15)13-7-3-5-12-6-8-13/h10,12H,2-9H2,1H3,(H,14,15). The first-order chi connectivity index (χ1) is 7.75. The molecule has 1 unspecified atom stereocenters. The smallest absolute Gasteiger partial charge is 0.320 e. The molecular weight excluding hydrogens is 224 g/mol. The van der Waals surface area contributed by atoms with Crippen LogP contribution in [0.2, 0.25) is 0 Å². The number of carbonyl (C=O) groups is 1. The predicted octanol–water partition coefficient (Wildman–Crippen LogP) is 0.878. The number of carboxylic acid groups (broad SMARTS) is 1. The monoisotopic (exact) mass is 246 g/mol. The summed E-state index contributed by atoms with van der Waals surface area (Å²) in [6, 6.07) is -0.293. The Morgan fingerprint density at radius 2 is 2.31 bits per heavy atom. The molecule has 0 amide bonds. The fraction of sp³-hybridized carbons (Fsp3) is 0.909. The van der Waals surface area contributed by atoms with Gasteiger partial charge in [0.15, 0.2) is 0 Å². The molecule has 1 rings (SSSR count). The summed E-state index contributed by atoms with van der Waals surface area (Å²) in [6.07, 6.45) is 1.80. The van der Waals surface area contributed by atoms with Crippen molar-refractivity contribution in [2.24, 2.45) is 0 Å². The van der Waals surface area contributed by atoms with Gasteiger partial charge in [-0.25, -0.2) is 0 Å². The van der Waals surface area contributed by atoms with Crippen molar-refractivity contribution in [2.75, 3.05) is 37.7 Å². The van der Waals surface area contributed by atoms with E-state index in [1.807, 2.05) is 11.8 Å². The highest BCUT2D eigenvalue weighted by Gasteiger charge is 2.25. The summed E-state index contributed by atoms with van der Waals surface area (Å²) in [4.78, 5) is 13.3. The second-order valence-electron chi connectivity index (χ2n) is 3.98. The predicted molar refractivity (Wildman–Crippen MR) is 68.1 cm³/mol. The van der Waals surface area contributed by atoms with Gasteiger partial charge in [-0.15, -0.1) is 0 Å². The van der Waals surface area contributed by atoms with Crippen molar-refractivity contribution in [3.63, 3.8) is 0 Å². The second-order valence-corrected chi connectivity index (χ2v) is 5.37. The third-order valence-corrected chi connectivity index (χ3v) is 3.77. The molecule has 0 bridgehead atoms. The Hall–Kier alpha value is -0.260. The fourth-order valence-electron chi connectivity index (χ4n) is 1.98. The van der Waals surface area contributed by atoms with Gasteiger partial charge in [0, 0.05) is 19.6 Å². The van der Waals surface area contributed by atoms with E-state index in [1.165, 1.54) is 0 Å². The number of aliphatic carboxylic acids is 1. The van der Waals surface area contributed by atoms with E-state index in [9.17, 15) is 9.90 Å². The SMILES string of the molecule is CCSCCC(C(=O)O)N1CCCNCC1. The van der Waals surface area contributed by atoms with Crippen LogP contribution in [-0.2, 0) is 4.79 Å². The summed E-state index contributed by atoms with van der Waals surface area (Å²) in [6.45, 7) is 5.78. The molecule has 0 aromatic heterocycles. The Kier molecular flexibility index (Phi) is 6.84. The summed E-state index contributed by atoms with van der Waals surface area (Å²) in [5, 5.41) is 12.5. The van der Waals surface area contributed by atoms with Crippen molar-refractivity contribution in [3.05, 3.63) is 0 Å². The van der Waals surface area contributed by atoms with Gasteiger partial charge in [-0.1, -0.05) is 6.92 Å². The molecule has 0 aliphatic carbocycles. The first kappa shape index (κ1) is 13.8. The Labute approximate surface area is 102 Å². The molecule has 1 aliphatic rings. The summed E-state index contributed by atoms with van der Waals surface area (Å²) in [5.41, 5.74) is 0. The molecule has 1 atom stereocenters. The number of thioether (sulfide) groups is 1. The van der Waals surface area contributed by atoms with Crippen LogP contribution in [-0.4, -0.2) is 59.7 Å². The van der Waals surface area contributed by atoms with Crippen molar-refractivity contribution in [1.29, 1.82) is 0 Å². The number of rotatable bonds is 6. The number of carboxylic acids is 1. The number of hydrogen-bond acceptors (Lipinski definition) is 4. The van der Waals surface area contributed by atoms with E-state index in [1.54, 1.807) is 0 Å². The minimum Gasteiger partial charge on any atom is -0.480 e. The molecule has 1 heterocycles. The van der Waals surface area contributed by atoms with Crippen molar-refractivity contribution in [2.45, 2.75) is 25.8 Å². The lowest BCUT2D eigenvalue weighted by Crippen LogP contribution is -2.43. The van der Waals surface area contributed by atoms with Crippen LogP contribution in [0.5, 0.6) is 0 Å². The zero-order valence-corrected chi connectivity index (χ0v) is 10.8. The van der Waals surface area contributed by atoms with Gasteiger partial charge in [-0.2, -0.15) is 11.8 Å². The van der Waals surface area contributed by atoms with Crippen LogP contribution in [0.3, 0.4) is 0 Å². The molecule has 94 valence electrons. The van der Waals surface area contributed by atoms with Gasteiger partial charge < -0.3 is 10.4 Å². The fourth-order valence-corrected chi connectivity index (χ4v) is 2.66.